The highest BCUT2D eigenvalue weighted by molar-refractivity contribution is 5.48. The van der Waals surface area contributed by atoms with Crippen molar-refractivity contribution in [2.45, 2.75) is 32.9 Å². The predicted molar refractivity (Wildman–Crippen MR) is 77.5 cm³/mol. The zero-order chi connectivity index (χ0) is 13.9. The van der Waals surface area contributed by atoms with Crippen molar-refractivity contribution >= 4 is 5.69 Å². The van der Waals surface area contributed by atoms with E-state index in [1.807, 2.05) is 35.1 Å². The molecule has 2 rings (SSSR count). The van der Waals surface area contributed by atoms with Crippen molar-refractivity contribution in [2.75, 3.05) is 12.4 Å². The molecular weight excluding hydrogens is 238 g/mol. The summed E-state index contributed by atoms with van der Waals surface area (Å²) in [6.07, 6.45) is 3.98. The lowest BCUT2D eigenvalue weighted by molar-refractivity contribution is 0.355. The molecule has 0 bridgehead atoms. The Morgan fingerprint density at radius 1 is 1.32 bits per heavy atom. The Morgan fingerprint density at radius 2 is 2.11 bits per heavy atom. The molecule has 4 heteroatoms. The van der Waals surface area contributed by atoms with Gasteiger partial charge in [0.25, 0.3) is 0 Å². The summed E-state index contributed by atoms with van der Waals surface area (Å²) < 4.78 is 7.18. The summed E-state index contributed by atoms with van der Waals surface area (Å²) >= 11 is 0. The number of hydrogen-bond acceptors (Lipinski definition) is 3. The first kappa shape index (κ1) is 13.5. The molecule has 2 aromatic rings. The molecule has 4 nitrogen and oxygen atoms in total. The molecular formula is C15H21N3O. The Balaban J connectivity index is 2.00. The maximum atomic E-state index is 5.20. The van der Waals surface area contributed by atoms with Crippen LogP contribution in [0.25, 0.3) is 0 Å². The van der Waals surface area contributed by atoms with Crippen molar-refractivity contribution in [3.8, 4) is 5.75 Å². The van der Waals surface area contributed by atoms with Crippen LogP contribution in [-0.4, -0.2) is 16.9 Å². The van der Waals surface area contributed by atoms with E-state index in [0.717, 1.165) is 23.5 Å². The SMILES string of the molecule is COc1cccc(NCc2cnn(C(C)(C)C)c2)c1. The molecule has 0 atom stereocenters. The molecule has 0 fully saturated rings. The zero-order valence-electron chi connectivity index (χ0n) is 12.0. The van der Waals surface area contributed by atoms with E-state index < -0.39 is 0 Å². The summed E-state index contributed by atoms with van der Waals surface area (Å²) in [6, 6.07) is 7.91. The molecule has 1 heterocycles. The average molecular weight is 259 g/mol. The van der Waals surface area contributed by atoms with Crippen LogP contribution in [0, 0.1) is 0 Å². The molecule has 0 amide bonds. The Bertz CT molecular complexity index is 540. The highest BCUT2D eigenvalue weighted by atomic mass is 16.5. The predicted octanol–water partition coefficient (Wildman–Crippen LogP) is 3.26. The zero-order valence-corrected chi connectivity index (χ0v) is 12.0. The molecule has 0 unspecified atom stereocenters. The van der Waals surface area contributed by atoms with E-state index >= 15 is 0 Å². The third-order valence-electron chi connectivity index (χ3n) is 2.89. The Hall–Kier alpha value is -1.97. The minimum atomic E-state index is 0.0220. The minimum Gasteiger partial charge on any atom is -0.497 e. The molecule has 0 spiro atoms. The average Bonchev–Trinajstić information content (AvgIpc) is 2.85. The van der Waals surface area contributed by atoms with Crippen LogP contribution >= 0.6 is 0 Å². The van der Waals surface area contributed by atoms with E-state index in [-0.39, 0.29) is 5.54 Å². The van der Waals surface area contributed by atoms with Gasteiger partial charge in [-0.1, -0.05) is 6.07 Å². The van der Waals surface area contributed by atoms with E-state index in [1.165, 1.54) is 0 Å². The topological polar surface area (TPSA) is 39.1 Å². The van der Waals surface area contributed by atoms with Gasteiger partial charge in [-0.05, 0) is 32.9 Å². The van der Waals surface area contributed by atoms with Gasteiger partial charge in [-0.15, -0.1) is 0 Å². The normalized spacial score (nSPS) is 11.4. The first-order valence-electron chi connectivity index (χ1n) is 6.41. The van der Waals surface area contributed by atoms with Crippen LogP contribution in [0.15, 0.2) is 36.7 Å². The van der Waals surface area contributed by atoms with Crippen LogP contribution in [0.3, 0.4) is 0 Å². The lowest BCUT2D eigenvalue weighted by Crippen LogP contribution is -2.21. The minimum absolute atomic E-state index is 0.0220. The van der Waals surface area contributed by atoms with Gasteiger partial charge < -0.3 is 10.1 Å². The van der Waals surface area contributed by atoms with Gasteiger partial charge in [0.1, 0.15) is 5.75 Å². The number of nitrogens with one attached hydrogen (secondary N) is 1. The first-order valence-corrected chi connectivity index (χ1v) is 6.41. The quantitative estimate of drug-likeness (QED) is 0.916. The first-order chi connectivity index (χ1) is 8.99. The lowest BCUT2D eigenvalue weighted by Gasteiger charge is -2.18. The highest BCUT2D eigenvalue weighted by Gasteiger charge is 2.13. The van der Waals surface area contributed by atoms with Crippen molar-refractivity contribution in [3.05, 3.63) is 42.2 Å². The third-order valence-corrected chi connectivity index (χ3v) is 2.89. The van der Waals surface area contributed by atoms with Gasteiger partial charge in [0.15, 0.2) is 0 Å². The summed E-state index contributed by atoms with van der Waals surface area (Å²) in [5.74, 6) is 0.857. The smallest absolute Gasteiger partial charge is 0.120 e. The number of ether oxygens (including phenoxy) is 1. The van der Waals surface area contributed by atoms with Crippen LogP contribution in [0.2, 0.25) is 0 Å². The van der Waals surface area contributed by atoms with Gasteiger partial charge in [-0.2, -0.15) is 5.10 Å². The summed E-state index contributed by atoms with van der Waals surface area (Å²) in [6.45, 7) is 7.17. The third kappa shape index (κ3) is 3.50. The molecule has 19 heavy (non-hydrogen) atoms. The number of rotatable bonds is 4. The van der Waals surface area contributed by atoms with Crippen molar-refractivity contribution in [1.82, 2.24) is 9.78 Å². The van der Waals surface area contributed by atoms with Crippen molar-refractivity contribution in [3.63, 3.8) is 0 Å². The number of nitrogens with zero attached hydrogens (tertiary/aromatic N) is 2. The van der Waals surface area contributed by atoms with Crippen molar-refractivity contribution in [2.24, 2.45) is 0 Å². The number of methoxy groups -OCH3 is 1. The fourth-order valence-electron chi connectivity index (χ4n) is 1.76. The van der Waals surface area contributed by atoms with Gasteiger partial charge in [0.2, 0.25) is 0 Å². The van der Waals surface area contributed by atoms with Crippen molar-refractivity contribution in [1.29, 1.82) is 0 Å². The summed E-state index contributed by atoms with van der Waals surface area (Å²) in [5, 5.41) is 7.75. The second kappa shape index (κ2) is 5.34. The molecule has 1 aromatic carbocycles. The second-order valence-electron chi connectivity index (χ2n) is 5.55. The number of aromatic nitrogens is 2. The maximum Gasteiger partial charge on any atom is 0.120 e. The second-order valence-corrected chi connectivity index (χ2v) is 5.55. The van der Waals surface area contributed by atoms with E-state index in [2.05, 4.69) is 37.4 Å². The molecule has 1 aromatic heterocycles. The monoisotopic (exact) mass is 259 g/mol. The van der Waals surface area contributed by atoms with Crippen LogP contribution in [0.5, 0.6) is 5.75 Å². The molecule has 0 aliphatic carbocycles. The van der Waals surface area contributed by atoms with Crippen LogP contribution in [-0.2, 0) is 12.1 Å². The summed E-state index contributed by atoms with van der Waals surface area (Å²) in [4.78, 5) is 0. The summed E-state index contributed by atoms with van der Waals surface area (Å²) in [5.41, 5.74) is 2.23. The molecule has 1 N–H and O–H groups in total. The van der Waals surface area contributed by atoms with Gasteiger partial charge >= 0.3 is 0 Å². The molecule has 0 radical (unpaired) electrons. The number of anilines is 1. The van der Waals surface area contributed by atoms with Gasteiger partial charge in [0.05, 0.1) is 18.8 Å². The van der Waals surface area contributed by atoms with E-state index in [1.54, 1.807) is 7.11 Å². The van der Waals surface area contributed by atoms with Crippen molar-refractivity contribution < 1.29 is 4.74 Å². The van der Waals surface area contributed by atoms with E-state index in [4.69, 9.17) is 4.74 Å². The van der Waals surface area contributed by atoms with Gasteiger partial charge in [-0.3, -0.25) is 4.68 Å². The summed E-state index contributed by atoms with van der Waals surface area (Å²) in [7, 11) is 1.67. The highest BCUT2D eigenvalue weighted by Crippen LogP contribution is 2.18. The standard InChI is InChI=1S/C15H21N3O/c1-15(2,3)18-11-12(10-17-18)9-16-13-6-5-7-14(8-13)19-4/h5-8,10-11,16H,9H2,1-4H3. The van der Waals surface area contributed by atoms with E-state index in [9.17, 15) is 0 Å². The van der Waals surface area contributed by atoms with E-state index in [0.29, 0.717) is 0 Å². The fourth-order valence-corrected chi connectivity index (χ4v) is 1.76. The lowest BCUT2D eigenvalue weighted by atomic mass is 10.1. The molecule has 0 saturated carbocycles. The Morgan fingerprint density at radius 3 is 2.74 bits per heavy atom. The maximum absolute atomic E-state index is 5.20. The van der Waals surface area contributed by atoms with Crippen LogP contribution in [0.4, 0.5) is 5.69 Å². The van der Waals surface area contributed by atoms with Gasteiger partial charge in [-0.25, -0.2) is 0 Å². The van der Waals surface area contributed by atoms with Crippen LogP contribution < -0.4 is 10.1 Å². The fraction of sp³-hybridized carbons (Fsp3) is 0.400. The number of benzene rings is 1. The van der Waals surface area contributed by atoms with Crippen LogP contribution in [0.1, 0.15) is 26.3 Å². The molecule has 0 saturated heterocycles. The molecule has 0 aliphatic rings. The Kier molecular flexibility index (Phi) is 3.79. The molecule has 102 valence electrons. The number of hydrogen-bond donors (Lipinski definition) is 1. The largest absolute Gasteiger partial charge is 0.497 e. The van der Waals surface area contributed by atoms with Gasteiger partial charge in [0, 0.05) is 30.1 Å². The Labute approximate surface area is 114 Å². The molecule has 0 aliphatic heterocycles.